The molecule has 1 saturated carbocycles. The number of halogens is 1. The van der Waals surface area contributed by atoms with Crippen LogP contribution in [0.2, 0.25) is 0 Å². The number of nitrogens with zero attached hydrogens (tertiary/aromatic N) is 5. The lowest BCUT2D eigenvalue weighted by molar-refractivity contribution is 0.282. The van der Waals surface area contributed by atoms with Crippen LogP contribution in [0.1, 0.15) is 29.4 Å². The van der Waals surface area contributed by atoms with Crippen molar-refractivity contribution < 1.29 is 4.74 Å². The van der Waals surface area contributed by atoms with Crippen molar-refractivity contribution in [3.8, 4) is 5.88 Å². The van der Waals surface area contributed by atoms with Crippen LogP contribution in [-0.4, -0.2) is 31.3 Å². The Hall–Kier alpha value is -2.23. The molecule has 0 unspecified atom stereocenters. The second-order valence-electron chi connectivity index (χ2n) is 6.78. The molecule has 0 saturated heterocycles. The number of hydrogen-bond acceptors (Lipinski definition) is 6. The maximum absolute atomic E-state index is 6.05. The van der Waals surface area contributed by atoms with Crippen molar-refractivity contribution in [1.82, 2.24) is 24.7 Å². The molecule has 140 valence electrons. The molecular weight excluding hydrogens is 455 g/mol. The van der Waals surface area contributed by atoms with Gasteiger partial charge in [-0.05, 0) is 48.1 Å². The van der Waals surface area contributed by atoms with Crippen LogP contribution in [0.15, 0.2) is 36.8 Å². The average molecular weight is 476 g/mol. The maximum atomic E-state index is 6.05. The Labute approximate surface area is 171 Å². The third-order valence-corrected chi connectivity index (χ3v) is 5.55. The molecule has 4 rings (SSSR count). The third kappa shape index (κ3) is 4.37. The minimum absolute atomic E-state index is 0.495. The molecule has 0 bridgehead atoms. The summed E-state index contributed by atoms with van der Waals surface area (Å²) in [6.45, 7) is 3.19. The summed E-state index contributed by atoms with van der Waals surface area (Å²) in [6, 6.07) is 6.07. The van der Waals surface area contributed by atoms with Gasteiger partial charge in [0.1, 0.15) is 15.2 Å². The van der Waals surface area contributed by atoms with Crippen molar-refractivity contribution in [2.75, 3.05) is 11.9 Å². The summed E-state index contributed by atoms with van der Waals surface area (Å²) in [4.78, 5) is 13.4. The first-order valence-electron chi connectivity index (χ1n) is 8.89. The fraction of sp³-hybridized carbons (Fsp3) is 0.368. The molecule has 0 radical (unpaired) electrons. The van der Waals surface area contributed by atoms with E-state index in [9.17, 15) is 0 Å². The molecule has 3 aromatic rings. The lowest BCUT2D eigenvalue weighted by Gasteiger charge is -2.12. The molecule has 2 atom stereocenters. The second-order valence-corrected chi connectivity index (χ2v) is 7.86. The minimum Gasteiger partial charge on any atom is -0.476 e. The number of ether oxygens (including phenoxy) is 1. The highest BCUT2D eigenvalue weighted by molar-refractivity contribution is 14.1. The van der Waals surface area contributed by atoms with E-state index in [1.165, 1.54) is 0 Å². The molecule has 0 aliphatic heterocycles. The first-order valence-corrected chi connectivity index (χ1v) is 9.97. The van der Waals surface area contributed by atoms with Crippen LogP contribution in [0.3, 0.4) is 0 Å². The van der Waals surface area contributed by atoms with Gasteiger partial charge < -0.3 is 10.1 Å². The number of aryl methyl sites for hydroxylation is 2. The Kier molecular flexibility index (Phi) is 5.24. The smallest absolute Gasteiger partial charge is 0.232 e. The fourth-order valence-electron chi connectivity index (χ4n) is 3.07. The van der Waals surface area contributed by atoms with Gasteiger partial charge in [-0.1, -0.05) is 6.07 Å². The number of aromatic nitrogens is 5. The summed E-state index contributed by atoms with van der Waals surface area (Å²) in [7, 11) is 1.91. The fourth-order valence-corrected chi connectivity index (χ4v) is 3.66. The van der Waals surface area contributed by atoms with E-state index >= 15 is 0 Å². The lowest BCUT2D eigenvalue weighted by atomic mass is 10.2. The predicted octanol–water partition coefficient (Wildman–Crippen LogP) is 3.31. The summed E-state index contributed by atoms with van der Waals surface area (Å²) < 4.78 is 8.73. The standard InChI is InChI=1S/C19H21IN6O/c1-12-24-18(22-8-13-9-23-26(2)10-13)17(20)19(25-12)27-11-14-7-15(14)16-5-3-4-6-21-16/h3-6,9-10,14-15H,7-8,11H2,1-2H3,(H,22,24,25)/t14-,15+/m1/s1. The van der Waals surface area contributed by atoms with Gasteiger partial charge in [0, 0.05) is 49.1 Å². The maximum Gasteiger partial charge on any atom is 0.232 e. The van der Waals surface area contributed by atoms with Crippen LogP contribution in [0.25, 0.3) is 0 Å². The van der Waals surface area contributed by atoms with E-state index in [4.69, 9.17) is 4.74 Å². The quantitative estimate of drug-likeness (QED) is 0.528. The van der Waals surface area contributed by atoms with E-state index in [0.717, 1.165) is 27.1 Å². The first kappa shape index (κ1) is 18.1. The summed E-state index contributed by atoms with van der Waals surface area (Å²) in [5, 5.41) is 7.55. The van der Waals surface area contributed by atoms with Gasteiger partial charge in [-0.25, -0.2) is 4.98 Å². The number of nitrogens with one attached hydrogen (secondary N) is 1. The summed E-state index contributed by atoms with van der Waals surface area (Å²) in [6.07, 6.45) is 6.79. The Morgan fingerprint density at radius 3 is 2.96 bits per heavy atom. The van der Waals surface area contributed by atoms with Crippen LogP contribution in [0, 0.1) is 16.4 Å². The van der Waals surface area contributed by atoms with Crippen LogP contribution < -0.4 is 10.1 Å². The van der Waals surface area contributed by atoms with Gasteiger partial charge in [-0.3, -0.25) is 9.67 Å². The second kappa shape index (κ2) is 7.79. The lowest BCUT2D eigenvalue weighted by Crippen LogP contribution is -2.10. The van der Waals surface area contributed by atoms with Crippen molar-refractivity contribution in [3.63, 3.8) is 0 Å². The number of rotatable bonds is 7. The first-order chi connectivity index (χ1) is 13.1. The summed E-state index contributed by atoms with van der Waals surface area (Å²) in [5.41, 5.74) is 2.25. The zero-order valence-electron chi connectivity index (χ0n) is 15.3. The molecule has 3 heterocycles. The van der Waals surface area contributed by atoms with Gasteiger partial charge in [0.2, 0.25) is 5.88 Å². The van der Waals surface area contributed by atoms with Gasteiger partial charge >= 0.3 is 0 Å². The van der Waals surface area contributed by atoms with Gasteiger partial charge in [0.25, 0.3) is 0 Å². The van der Waals surface area contributed by atoms with E-state index in [2.05, 4.69) is 54.0 Å². The van der Waals surface area contributed by atoms with Gasteiger partial charge in [-0.15, -0.1) is 0 Å². The predicted molar refractivity (Wildman–Crippen MR) is 111 cm³/mol. The highest BCUT2D eigenvalue weighted by atomic mass is 127. The van der Waals surface area contributed by atoms with E-state index in [1.54, 1.807) is 4.68 Å². The molecule has 27 heavy (non-hydrogen) atoms. The molecular formula is C19H21IN6O. The van der Waals surface area contributed by atoms with Crippen molar-refractivity contribution >= 4 is 28.4 Å². The summed E-state index contributed by atoms with van der Waals surface area (Å²) >= 11 is 2.24. The third-order valence-electron chi connectivity index (χ3n) is 4.58. The van der Waals surface area contributed by atoms with E-state index in [-0.39, 0.29) is 0 Å². The molecule has 1 fully saturated rings. The van der Waals surface area contributed by atoms with Crippen molar-refractivity contribution in [1.29, 1.82) is 0 Å². The van der Waals surface area contributed by atoms with Crippen LogP contribution in [-0.2, 0) is 13.6 Å². The number of anilines is 1. The molecule has 1 aliphatic rings. The molecule has 7 nitrogen and oxygen atoms in total. The zero-order chi connectivity index (χ0) is 18.8. The van der Waals surface area contributed by atoms with Crippen molar-refractivity contribution in [2.24, 2.45) is 13.0 Å². The minimum atomic E-state index is 0.495. The Balaban J connectivity index is 1.39. The monoisotopic (exact) mass is 476 g/mol. The van der Waals surface area contributed by atoms with Gasteiger partial charge in [0.15, 0.2) is 0 Å². The topological polar surface area (TPSA) is 77.8 Å². The summed E-state index contributed by atoms with van der Waals surface area (Å²) in [5.74, 6) is 3.12. The largest absolute Gasteiger partial charge is 0.476 e. The molecule has 0 spiro atoms. The molecule has 1 N–H and O–H groups in total. The zero-order valence-corrected chi connectivity index (χ0v) is 17.4. The molecule has 3 aromatic heterocycles. The van der Waals surface area contributed by atoms with Gasteiger partial charge in [-0.2, -0.15) is 10.1 Å². The Morgan fingerprint density at radius 2 is 2.22 bits per heavy atom. The van der Waals surface area contributed by atoms with Crippen LogP contribution >= 0.6 is 22.6 Å². The number of hydrogen-bond donors (Lipinski definition) is 1. The molecule has 0 amide bonds. The van der Waals surface area contributed by atoms with Crippen LogP contribution in [0.5, 0.6) is 5.88 Å². The van der Waals surface area contributed by atoms with E-state index < -0.39 is 0 Å². The van der Waals surface area contributed by atoms with E-state index in [1.807, 2.05) is 44.7 Å². The highest BCUT2D eigenvalue weighted by Crippen LogP contribution is 2.46. The normalized spacial score (nSPS) is 18.3. The Bertz CT molecular complexity index is 929. The van der Waals surface area contributed by atoms with Crippen molar-refractivity contribution in [3.05, 3.63) is 57.4 Å². The SMILES string of the molecule is Cc1nc(NCc2cnn(C)c2)c(I)c(OC[C@H]2C[C@@H]2c2ccccn2)n1. The van der Waals surface area contributed by atoms with Crippen molar-refractivity contribution in [2.45, 2.75) is 25.8 Å². The molecule has 0 aromatic carbocycles. The highest BCUT2D eigenvalue weighted by Gasteiger charge is 2.40. The molecule has 1 aliphatic carbocycles. The van der Waals surface area contributed by atoms with Crippen LogP contribution in [0.4, 0.5) is 5.82 Å². The molecule has 8 heteroatoms. The average Bonchev–Trinajstić information content (AvgIpc) is 3.34. The van der Waals surface area contributed by atoms with E-state index in [0.29, 0.717) is 36.7 Å². The van der Waals surface area contributed by atoms with Gasteiger partial charge in [0.05, 0.1) is 12.8 Å². The number of pyridine rings is 1. The Morgan fingerprint density at radius 1 is 1.33 bits per heavy atom.